The largest absolute Gasteiger partial charge is 0.418 e. The zero-order valence-corrected chi connectivity index (χ0v) is 13.7. The minimum absolute atomic E-state index is 0.190. The van der Waals surface area contributed by atoms with Crippen molar-refractivity contribution in [1.82, 2.24) is 4.98 Å². The number of hydrogen-bond acceptors (Lipinski definition) is 1. The summed E-state index contributed by atoms with van der Waals surface area (Å²) in [5.41, 5.74) is -0.0910. The molecule has 0 saturated carbocycles. The van der Waals surface area contributed by atoms with Crippen LogP contribution in [0.3, 0.4) is 0 Å². The second-order valence-electron chi connectivity index (χ2n) is 5.79. The molecule has 0 radical (unpaired) electrons. The maximum Gasteiger partial charge on any atom is 0.418 e. The van der Waals surface area contributed by atoms with Crippen molar-refractivity contribution in [1.29, 1.82) is 0 Å². The first kappa shape index (κ1) is 18.6. The number of benzene rings is 2. The molecule has 2 aromatic carbocycles. The average molecular weight is 380 g/mol. The molecule has 0 bridgehead atoms. The third-order valence-corrected chi connectivity index (χ3v) is 3.92. The SMILES string of the molecule is O=C(Cc1c[nH]cc1C(F)(F)F)Nc1ccccc1-c1ccc(F)c(F)c1. The van der Waals surface area contributed by atoms with E-state index in [4.69, 9.17) is 0 Å². The lowest BCUT2D eigenvalue weighted by Crippen LogP contribution is -2.17. The van der Waals surface area contributed by atoms with Crippen molar-refractivity contribution in [2.45, 2.75) is 12.6 Å². The molecule has 8 heteroatoms. The Morgan fingerprint density at radius 1 is 1.00 bits per heavy atom. The number of anilines is 1. The maximum absolute atomic E-state index is 13.5. The summed E-state index contributed by atoms with van der Waals surface area (Å²) in [5, 5.41) is 2.52. The van der Waals surface area contributed by atoms with E-state index in [2.05, 4.69) is 10.3 Å². The van der Waals surface area contributed by atoms with Crippen LogP contribution in [0.4, 0.5) is 27.6 Å². The average Bonchev–Trinajstić information content (AvgIpc) is 3.06. The molecular formula is C19H13F5N2O. The number of nitrogens with one attached hydrogen (secondary N) is 2. The van der Waals surface area contributed by atoms with Crippen molar-refractivity contribution in [3.8, 4) is 11.1 Å². The number of carbonyl (C=O) groups excluding carboxylic acids is 1. The van der Waals surface area contributed by atoms with E-state index in [1.807, 2.05) is 0 Å². The van der Waals surface area contributed by atoms with Crippen LogP contribution in [0, 0.1) is 11.6 Å². The van der Waals surface area contributed by atoms with Gasteiger partial charge in [-0.1, -0.05) is 24.3 Å². The first-order chi connectivity index (χ1) is 12.8. The van der Waals surface area contributed by atoms with Crippen LogP contribution < -0.4 is 5.32 Å². The highest BCUT2D eigenvalue weighted by Gasteiger charge is 2.34. The first-order valence-electron chi connectivity index (χ1n) is 7.83. The van der Waals surface area contributed by atoms with E-state index in [1.165, 1.54) is 12.1 Å². The minimum Gasteiger partial charge on any atom is -0.367 e. The van der Waals surface area contributed by atoms with Gasteiger partial charge >= 0.3 is 6.18 Å². The molecule has 0 aliphatic rings. The van der Waals surface area contributed by atoms with Gasteiger partial charge in [0.25, 0.3) is 0 Å². The van der Waals surface area contributed by atoms with Gasteiger partial charge in [0.1, 0.15) is 0 Å². The fourth-order valence-corrected chi connectivity index (χ4v) is 2.68. The van der Waals surface area contributed by atoms with Crippen LogP contribution in [0.2, 0.25) is 0 Å². The van der Waals surface area contributed by atoms with E-state index in [0.717, 1.165) is 24.5 Å². The van der Waals surface area contributed by atoms with Crippen LogP contribution in [-0.4, -0.2) is 10.9 Å². The highest BCUT2D eigenvalue weighted by molar-refractivity contribution is 5.96. The molecule has 0 spiro atoms. The van der Waals surface area contributed by atoms with Crippen LogP contribution in [-0.2, 0) is 17.4 Å². The van der Waals surface area contributed by atoms with Gasteiger partial charge in [-0.3, -0.25) is 4.79 Å². The first-order valence-corrected chi connectivity index (χ1v) is 7.83. The van der Waals surface area contributed by atoms with Crippen LogP contribution in [0.15, 0.2) is 54.9 Å². The maximum atomic E-state index is 13.5. The predicted molar refractivity (Wildman–Crippen MR) is 89.9 cm³/mol. The van der Waals surface area contributed by atoms with E-state index in [1.54, 1.807) is 18.2 Å². The van der Waals surface area contributed by atoms with Gasteiger partial charge in [0.2, 0.25) is 5.91 Å². The molecule has 3 nitrogen and oxygen atoms in total. The second-order valence-corrected chi connectivity index (χ2v) is 5.79. The Morgan fingerprint density at radius 3 is 2.44 bits per heavy atom. The number of aromatic nitrogens is 1. The molecule has 0 atom stereocenters. The van der Waals surface area contributed by atoms with Crippen molar-refractivity contribution < 1.29 is 26.7 Å². The molecular weight excluding hydrogens is 367 g/mol. The lowest BCUT2D eigenvalue weighted by Gasteiger charge is -2.12. The Labute approximate surface area is 150 Å². The van der Waals surface area contributed by atoms with Gasteiger partial charge < -0.3 is 10.3 Å². The van der Waals surface area contributed by atoms with Gasteiger partial charge in [0.15, 0.2) is 11.6 Å². The summed E-state index contributed by atoms with van der Waals surface area (Å²) in [7, 11) is 0. The third kappa shape index (κ3) is 4.16. The number of carbonyl (C=O) groups is 1. The zero-order valence-electron chi connectivity index (χ0n) is 13.7. The molecule has 0 aliphatic heterocycles. The number of alkyl halides is 3. The standard InChI is InChI=1S/C19H13F5N2O/c20-15-6-5-11(7-16(15)21)13-3-1-2-4-17(13)26-18(27)8-12-9-25-10-14(12)19(22,23)24/h1-7,9-10,25H,8H2,(H,26,27). The topological polar surface area (TPSA) is 44.9 Å². The van der Waals surface area contributed by atoms with Gasteiger partial charge in [-0.25, -0.2) is 8.78 Å². The summed E-state index contributed by atoms with van der Waals surface area (Å²) in [5.74, 6) is -2.72. The number of halogens is 5. The Bertz CT molecular complexity index is 978. The quantitative estimate of drug-likeness (QED) is 0.604. The number of hydrogen-bond donors (Lipinski definition) is 2. The molecule has 2 N–H and O–H groups in total. The van der Waals surface area contributed by atoms with Crippen molar-refractivity contribution in [3.05, 3.63) is 77.6 Å². The van der Waals surface area contributed by atoms with Gasteiger partial charge in [-0.2, -0.15) is 13.2 Å². The van der Waals surface area contributed by atoms with E-state index < -0.39 is 35.7 Å². The lowest BCUT2D eigenvalue weighted by molar-refractivity contribution is -0.138. The van der Waals surface area contributed by atoms with Gasteiger partial charge in [-0.15, -0.1) is 0 Å². The Kier molecular flexibility index (Phi) is 4.98. The molecule has 0 saturated heterocycles. The normalized spacial score (nSPS) is 11.4. The molecule has 0 aliphatic carbocycles. The Balaban J connectivity index is 1.83. The minimum atomic E-state index is -4.57. The zero-order chi connectivity index (χ0) is 19.6. The van der Waals surface area contributed by atoms with E-state index in [0.29, 0.717) is 11.1 Å². The molecule has 3 aromatic rings. The summed E-state index contributed by atoms with van der Waals surface area (Å²) >= 11 is 0. The highest BCUT2D eigenvalue weighted by atomic mass is 19.4. The summed E-state index contributed by atoms with van der Waals surface area (Å²) in [4.78, 5) is 14.6. The second kappa shape index (κ2) is 7.22. The molecule has 0 unspecified atom stereocenters. The fourth-order valence-electron chi connectivity index (χ4n) is 2.68. The summed E-state index contributed by atoms with van der Waals surface area (Å²) < 4.78 is 65.3. The van der Waals surface area contributed by atoms with Crippen molar-refractivity contribution >= 4 is 11.6 Å². The molecule has 0 fully saturated rings. The fraction of sp³-hybridized carbons (Fsp3) is 0.105. The number of H-pyrrole nitrogens is 1. The van der Waals surface area contributed by atoms with E-state index in [-0.39, 0.29) is 11.3 Å². The Morgan fingerprint density at radius 2 is 1.74 bits per heavy atom. The van der Waals surface area contributed by atoms with E-state index >= 15 is 0 Å². The molecule has 1 heterocycles. The van der Waals surface area contributed by atoms with Crippen LogP contribution in [0.25, 0.3) is 11.1 Å². The smallest absolute Gasteiger partial charge is 0.367 e. The van der Waals surface area contributed by atoms with Gasteiger partial charge in [-0.05, 0) is 29.3 Å². The molecule has 3 rings (SSSR count). The van der Waals surface area contributed by atoms with Crippen LogP contribution >= 0.6 is 0 Å². The van der Waals surface area contributed by atoms with E-state index in [9.17, 15) is 26.7 Å². The number of para-hydroxylation sites is 1. The molecule has 1 amide bonds. The third-order valence-electron chi connectivity index (χ3n) is 3.92. The van der Waals surface area contributed by atoms with Gasteiger partial charge in [0, 0.05) is 23.6 Å². The molecule has 27 heavy (non-hydrogen) atoms. The summed E-state index contributed by atoms with van der Waals surface area (Å²) in [6, 6.07) is 9.64. The van der Waals surface area contributed by atoms with Crippen molar-refractivity contribution in [2.24, 2.45) is 0 Å². The monoisotopic (exact) mass is 380 g/mol. The lowest BCUT2D eigenvalue weighted by atomic mass is 10.0. The molecule has 140 valence electrons. The van der Waals surface area contributed by atoms with Crippen LogP contribution in [0.1, 0.15) is 11.1 Å². The molecule has 1 aromatic heterocycles. The van der Waals surface area contributed by atoms with Crippen molar-refractivity contribution in [3.63, 3.8) is 0 Å². The number of amides is 1. The summed E-state index contributed by atoms with van der Waals surface area (Å²) in [6.45, 7) is 0. The Hall–Kier alpha value is -3.16. The predicted octanol–water partition coefficient (Wildman–Crippen LogP) is 5.16. The van der Waals surface area contributed by atoms with Crippen molar-refractivity contribution in [2.75, 3.05) is 5.32 Å². The highest BCUT2D eigenvalue weighted by Crippen LogP contribution is 2.33. The van der Waals surface area contributed by atoms with Crippen LogP contribution in [0.5, 0.6) is 0 Å². The number of aromatic amines is 1. The summed E-state index contributed by atoms with van der Waals surface area (Å²) in [6.07, 6.45) is -3.16. The van der Waals surface area contributed by atoms with Gasteiger partial charge in [0.05, 0.1) is 12.0 Å². The number of rotatable bonds is 4.